The summed E-state index contributed by atoms with van der Waals surface area (Å²) in [5, 5.41) is 1.99. The summed E-state index contributed by atoms with van der Waals surface area (Å²) in [5.41, 5.74) is 1.08. The molecule has 20 heavy (non-hydrogen) atoms. The minimum Gasteiger partial charge on any atom is -0.228 e. The highest BCUT2D eigenvalue weighted by molar-refractivity contribution is 9.09. The van der Waals surface area contributed by atoms with Crippen molar-refractivity contribution in [3.63, 3.8) is 0 Å². The van der Waals surface area contributed by atoms with Crippen LogP contribution in [-0.4, -0.2) is 19.4 Å². The molecule has 4 heteroatoms. The highest BCUT2D eigenvalue weighted by Gasteiger charge is 2.35. The molecule has 0 radical (unpaired) electrons. The molecule has 0 saturated carbocycles. The van der Waals surface area contributed by atoms with Gasteiger partial charge in [-0.15, -0.1) is 0 Å². The summed E-state index contributed by atoms with van der Waals surface area (Å²) in [6.07, 6.45) is 2.55. The van der Waals surface area contributed by atoms with Crippen molar-refractivity contribution >= 4 is 36.5 Å². The van der Waals surface area contributed by atoms with E-state index in [9.17, 15) is 8.42 Å². The van der Waals surface area contributed by atoms with E-state index in [1.54, 1.807) is 0 Å². The quantitative estimate of drug-likeness (QED) is 0.757. The lowest BCUT2D eigenvalue weighted by Crippen LogP contribution is -2.31. The lowest BCUT2D eigenvalue weighted by Gasteiger charge is -2.27. The number of rotatable bonds is 2. The van der Waals surface area contributed by atoms with Gasteiger partial charge in [0.05, 0.1) is 15.8 Å². The predicted molar refractivity (Wildman–Crippen MR) is 87.0 cm³/mol. The Labute approximate surface area is 128 Å². The van der Waals surface area contributed by atoms with Crippen molar-refractivity contribution in [2.24, 2.45) is 0 Å². The number of hydrogen-bond donors (Lipinski definition) is 0. The Morgan fingerprint density at radius 2 is 1.80 bits per heavy atom. The average Bonchev–Trinajstić information content (AvgIpc) is 2.45. The number of fused-ring (bicyclic) bond motifs is 1. The van der Waals surface area contributed by atoms with Gasteiger partial charge in [0.2, 0.25) is 0 Å². The Bertz CT molecular complexity index is 719. The Hall–Kier alpha value is -0.870. The molecule has 106 valence electrons. The lowest BCUT2D eigenvalue weighted by atomic mass is 9.99. The first-order valence-electron chi connectivity index (χ1n) is 6.93. The third-order valence-electron chi connectivity index (χ3n) is 4.08. The molecule has 0 aromatic heterocycles. The fourth-order valence-electron chi connectivity index (χ4n) is 3.00. The standard InChI is InChI=1S/C16H17BrO2S/c17-16(15-10-3-4-11-20(15,18)19)14-9-5-7-12-6-1-2-8-13(12)14/h1-2,5-9,15-16H,3-4,10-11H2. The van der Waals surface area contributed by atoms with Gasteiger partial charge in [0.15, 0.2) is 9.84 Å². The summed E-state index contributed by atoms with van der Waals surface area (Å²) in [6, 6.07) is 14.2. The molecule has 0 N–H and O–H groups in total. The van der Waals surface area contributed by atoms with E-state index >= 15 is 0 Å². The zero-order valence-corrected chi connectivity index (χ0v) is 13.5. The monoisotopic (exact) mass is 352 g/mol. The third-order valence-corrected chi connectivity index (χ3v) is 7.85. The van der Waals surface area contributed by atoms with Crippen LogP contribution >= 0.6 is 15.9 Å². The third kappa shape index (κ3) is 2.51. The summed E-state index contributed by atoms with van der Waals surface area (Å²) in [7, 11) is -2.99. The van der Waals surface area contributed by atoms with Gasteiger partial charge in [0.1, 0.15) is 0 Å². The molecule has 0 bridgehead atoms. The molecule has 0 amide bonds. The van der Waals surface area contributed by atoms with E-state index in [1.165, 1.54) is 0 Å². The maximum Gasteiger partial charge on any atom is 0.154 e. The summed E-state index contributed by atoms with van der Waals surface area (Å²) >= 11 is 3.67. The number of sulfone groups is 1. The topological polar surface area (TPSA) is 34.1 Å². The Morgan fingerprint density at radius 3 is 2.60 bits per heavy atom. The number of alkyl halides is 1. The van der Waals surface area contributed by atoms with Crippen LogP contribution in [-0.2, 0) is 9.84 Å². The molecular formula is C16H17BrO2S. The van der Waals surface area contributed by atoms with Crippen LogP contribution in [0.4, 0.5) is 0 Å². The first kappa shape index (κ1) is 14.1. The van der Waals surface area contributed by atoms with Gasteiger partial charge in [-0.2, -0.15) is 0 Å². The molecule has 2 aromatic carbocycles. The van der Waals surface area contributed by atoms with E-state index in [0.717, 1.165) is 35.6 Å². The molecule has 1 heterocycles. The van der Waals surface area contributed by atoms with Crippen LogP contribution < -0.4 is 0 Å². The molecule has 3 rings (SSSR count). The summed E-state index contributed by atoms with van der Waals surface area (Å²) in [6.45, 7) is 0. The molecule has 1 aliphatic rings. The fraction of sp³-hybridized carbons (Fsp3) is 0.375. The summed E-state index contributed by atoms with van der Waals surface area (Å²) in [4.78, 5) is -0.126. The molecule has 1 fully saturated rings. The first-order valence-corrected chi connectivity index (χ1v) is 9.56. The largest absolute Gasteiger partial charge is 0.228 e. The minimum atomic E-state index is -2.99. The molecule has 2 nitrogen and oxygen atoms in total. The molecule has 0 aliphatic carbocycles. The Kier molecular flexibility index (Phi) is 3.87. The molecule has 1 aliphatic heterocycles. The second-order valence-electron chi connectivity index (χ2n) is 5.37. The van der Waals surface area contributed by atoms with Crippen LogP contribution in [0.5, 0.6) is 0 Å². The van der Waals surface area contributed by atoms with E-state index in [0.29, 0.717) is 5.75 Å². The first-order chi connectivity index (χ1) is 9.59. The molecule has 1 saturated heterocycles. The number of benzene rings is 2. The SMILES string of the molecule is O=S1(=O)CCCCC1C(Br)c1cccc2ccccc12. The van der Waals surface area contributed by atoms with E-state index < -0.39 is 9.84 Å². The van der Waals surface area contributed by atoms with Crippen LogP contribution in [0.25, 0.3) is 10.8 Å². The molecule has 2 unspecified atom stereocenters. The van der Waals surface area contributed by atoms with E-state index in [1.807, 2.05) is 24.3 Å². The highest BCUT2D eigenvalue weighted by Crippen LogP contribution is 2.39. The van der Waals surface area contributed by atoms with Gasteiger partial charge in [-0.25, -0.2) is 8.42 Å². The van der Waals surface area contributed by atoms with Crippen molar-refractivity contribution in [1.82, 2.24) is 0 Å². The van der Waals surface area contributed by atoms with Crippen molar-refractivity contribution in [1.29, 1.82) is 0 Å². The van der Waals surface area contributed by atoms with E-state index in [2.05, 4.69) is 34.1 Å². The molecule has 2 atom stereocenters. The zero-order chi connectivity index (χ0) is 14.2. The Balaban J connectivity index is 2.06. The number of halogens is 1. The molecule has 0 spiro atoms. The van der Waals surface area contributed by atoms with Crippen molar-refractivity contribution in [2.75, 3.05) is 5.75 Å². The maximum absolute atomic E-state index is 12.3. The van der Waals surface area contributed by atoms with Gasteiger partial charge < -0.3 is 0 Å². The fourth-order valence-corrected chi connectivity index (χ4v) is 6.60. The van der Waals surface area contributed by atoms with Gasteiger partial charge in [0.25, 0.3) is 0 Å². The minimum absolute atomic E-state index is 0.126. The lowest BCUT2D eigenvalue weighted by molar-refractivity contribution is 0.537. The van der Waals surface area contributed by atoms with Crippen molar-refractivity contribution in [2.45, 2.75) is 29.3 Å². The average molecular weight is 353 g/mol. The van der Waals surface area contributed by atoms with E-state index in [4.69, 9.17) is 0 Å². The van der Waals surface area contributed by atoms with Crippen LogP contribution in [0, 0.1) is 0 Å². The van der Waals surface area contributed by atoms with Crippen molar-refractivity contribution in [3.05, 3.63) is 48.0 Å². The van der Waals surface area contributed by atoms with Gasteiger partial charge >= 0.3 is 0 Å². The van der Waals surface area contributed by atoms with Crippen molar-refractivity contribution in [3.8, 4) is 0 Å². The smallest absolute Gasteiger partial charge is 0.154 e. The van der Waals surface area contributed by atoms with Gasteiger partial charge in [-0.05, 0) is 29.2 Å². The van der Waals surface area contributed by atoms with Crippen LogP contribution in [0.3, 0.4) is 0 Å². The predicted octanol–water partition coefficient (Wildman–Crippen LogP) is 4.24. The Morgan fingerprint density at radius 1 is 1.05 bits per heavy atom. The summed E-state index contributed by atoms with van der Waals surface area (Å²) in [5.74, 6) is 0.324. The van der Waals surface area contributed by atoms with Crippen LogP contribution in [0.1, 0.15) is 29.7 Å². The zero-order valence-electron chi connectivity index (χ0n) is 11.1. The summed E-state index contributed by atoms with van der Waals surface area (Å²) < 4.78 is 24.6. The van der Waals surface area contributed by atoms with Gasteiger partial charge in [-0.1, -0.05) is 64.8 Å². The van der Waals surface area contributed by atoms with Crippen molar-refractivity contribution < 1.29 is 8.42 Å². The number of hydrogen-bond acceptors (Lipinski definition) is 2. The molecule has 2 aromatic rings. The van der Waals surface area contributed by atoms with E-state index in [-0.39, 0.29) is 10.1 Å². The van der Waals surface area contributed by atoms with Gasteiger partial charge in [-0.3, -0.25) is 0 Å². The second-order valence-corrected chi connectivity index (χ2v) is 8.70. The van der Waals surface area contributed by atoms with Crippen LogP contribution in [0.2, 0.25) is 0 Å². The highest BCUT2D eigenvalue weighted by atomic mass is 79.9. The van der Waals surface area contributed by atoms with Gasteiger partial charge in [0, 0.05) is 0 Å². The maximum atomic E-state index is 12.3. The molecular weight excluding hydrogens is 336 g/mol. The van der Waals surface area contributed by atoms with Crippen LogP contribution in [0.15, 0.2) is 42.5 Å². The second kappa shape index (κ2) is 5.49. The normalized spacial score (nSPS) is 23.6.